The number of terminal acetylenes is 1. The molecule has 0 bridgehead atoms. The fourth-order valence-electron chi connectivity index (χ4n) is 3.76. The minimum absolute atomic E-state index is 0.0744. The van der Waals surface area contributed by atoms with Gasteiger partial charge in [0.1, 0.15) is 11.6 Å². The smallest absolute Gasteiger partial charge is 0.142 e. The molecule has 0 radical (unpaired) electrons. The predicted molar refractivity (Wildman–Crippen MR) is 105 cm³/mol. The van der Waals surface area contributed by atoms with E-state index in [1.165, 1.54) is 5.57 Å². The van der Waals surface area contributed by atoms with Crippen LogP contribution in [0.3, 0.4) is 0 Å². The van der Waals surface area contributed by atoms with Gasteiger partial charge in [0.2, 0.25) is 0 Å². The molecular formula is C23H36O2. The van der Waals surface area contributed by atoms with E-state index >= 15 is 0 Å². The third-order valence-corrected chi connectivity index (χ3v) is 5.54. The van der Waals surface area contributed by atoms with Gasteiger partial charge in [0.05, 0.1) is 0 Å². The molecule has 140 valence electrons. The molecule has 0 amide bonds. The van der Waals surface area contributed by atoms with Crippen molar-refractivity contribution < 1.29 is 9.59 Å². The number of carbonyl (C=O) groups excluding carboxylic acids is 2. The van der Waals surface area contributed by atoms with Crippen LogP contribution in [0.1, 0.15) is 91.9 Å². The number of hydrogen-bond donors (Lipinski definition) is 0. The van der Waals surface area contributed by atoms with Crippen LogP contribution in [0.15, 0.2) is 11.6 Å². The maximum atomic E-state index is 13.0. The van der Waals surface area contributed by atoms with Gasteiger partial charge in [-0.05, 0) is 51.4 Å². The van der Waals surface area contributed by atoms with Gasteiger partial charge in [-0.2, -0.15) is 0 Å². The number of hydrogen-bond acceptors (Lipinski definition) is 2. The van der Waals surface area contributed by atoms with Gasteiger partial charge in [0.25, 0.3) is 0 Å². The maximum absolute atomic E-state index is 13.0. The van der Waals surface area contributed by atoms with Crippen molar-refractivity contribution in [1.82, 2.24) is 0 Å². The molecule has 2 atom stereocenters. The summed E-state index contributed by atoms with van der Waals surface area (Å²) in [6.07, 6.45) is 16.3. The summed E-state index contributed by atoms with van der Waals surface area (Å²) in [5, 5.41) is 0. The third-order valence-electron chi connectivity index (χ3n) is 5.54. The van der Waals surface area contributed by atoms with Crippen LogP contribution >= 0.6 is 0 Å². The normalized spacial score (nSPS) is 27.4. The third kappa shape index (κ3) is 8.04. The van der Waals surface area contributed by atoms with Crippen molar-refractivity contribution in [3.8, 4) is 12.3 Å². The summed E-state index contributed by atoms with van der Waals surface area (Å²) in [6.45, 7) is 8.37. The van der Waals surface area contributed by atoms with Crippen molar-refractivity contribution in [3.63, 3.8) is 0 Å². The summed E-state index contributed by atoms with van der Waals surface area (Å²) in [7, 11) is 0. The number of rotatable bonds is 1. The fourth-order valence-corrected chi connectivity index (χ4v) is 3.76. The van der Waals surface area contributed by atoms with Gasteiger partial charge in [-0.3, -0.25) is 9.59 Å². The Kier molecular flexibility index (Phi) is 9.19. The number of allylic oxidation sites excluding steroid dienone is 2. The zero-order valence-corrected chi connectivity index (χ0v) is 16.7. The number of ketones is 2. The molecule has 2 unspecified atom stereocenters. The Labute approximate surface area is 154 Å². The van der Waals surface area contributed by atoms with E-state index in [0.717, 1.165) is 38.5 Å². The van der Waals surface area contributed by atoms with Gasteiger partial charge in [-0.1, -0.05) is 38.8 Å². The van der Waals surface area contributed by atoms with Crippen molar-refractivity contribution in [2.45, 2.75) is 91.9 Å². The molecule has 0 aromatic carbocycles. The van der Waals surface area contributed by atoms with Gasteiger partial charge in [0.15, 0.2) is 0 Å². The Bertz CT molecular complexity index is 519. The molecular weight excluding hydrogens is 308 g/mol. The highest BCUT2D eigenvalue weighted by molar-refractivity contribution is 5.87. The first-order chi connectivity index (χ1) is 11.8. The van der Waals surface area contributed by atoms with Crippen LogP contribution in [0.4, 0.5) is 0 Å². The lowest BCUT2D eigenvalue weighted by molar-refractivity contribution is -0.132. The zero-order valence-electron chi connectivity index (χ0n) is 16.7. The minimum atomic E-state index is -0.468. The molecule has 1 aliphatic rings. The second kappa shape index (κ2) is 10.6. The molecule has 0 N–H and O–H groups in total. The van der Waals surface area contributed by atoms with Gasteiger partial charge >= 0.3 is 0 Å². The molecule has 2 heteroatoms. The SMILES string of the molecule is C#CCC1CC(C)CCCC(C)=CCCCC(=O)CCC(C)(C)C1=O. The second-order valence-corrected chi connectivity index (χ2v) is 8.57. The van der Waals surface area contributed by atoms with E-state index in [-0.39, 0.29) is 17.5 Å². The number of Topliss-reactive ketones (excluding diaryl/α,β-unsaturated/α-hetero) is 2. The summed E-state index contributed by atoms with van der Waals surface area (Å²) in [6, 6.07) is 0. The first-order valence-corrected chi connectivity index (χ1v) is 9.91. The Hall–Kier alpha value is -1.36. The van der Waals surface area contributed by atoms with Crippen molar-refractivity contribution in [3.05, 3.63) is 11.6 Å². The van der Waals surface area contributed by atoms with Crippen LogP contribution in [0.2, 0.25) is 0 Å². The van der Waals surface area contributed by atoms with E-state index in [9.17, 15) is 9.59 Å². The number of carbonyl (C=O) groups is 2. The first-order valence-electron chi connectivity index (χ1n) is 9.91. The molecule has 2 nitrogen and oxygen atoms in total. The molecule has 0 spiro atoms. The molecule has 0 aromatic heterocycles. The Morgan fingerprint density at radius 2 is 1.92 bits per heavy atom. The fraction of sp³-hybridized carbons (Fsp3) is 0.739. The van der Waals surface area contributed by atoms with Crippen molar-refractivity contribution in [2.75, 3.05) is 0 Å². The highest BCUT2D eigenvalue weighted by atomic mass is 16.1. The Balaban J connectivity index is 2.88. The van der Waals surface area contributed by atoms with Crippen LogP contribution in [-0.2, 0) is 9.59 Å². The van der Waals surface area contributed by atoms with E-state index in [1.54, 1.807) is 0 Å². The van der Waals surface area contributed by atoms with Crippen molar-refractivity contribution >= 4 is 11.6 Å². The molecule has 0 aliphatic heterocycles. The van der Waals surface area contributed by atoms with Crippen molar-refractivity contribution in [1.29, 1.82) is 0 Å². The average Bonchev–Trinajstić information content (AvgIpc) is 2.55. The Morgan fingerprint density at radius 1 is 1.20 bits per heavy atom. The van der Waals surface area contributed by atoms with E-state index in [0.29, 0.717) is 31.6 Å². The van der Waals surface area contributed by atoms with E-state index < -0.39 is 5.41 Å². The van der Waals surface area contributed by atoms with E-state index in [4.69, 9.17) is 6.42 Å². The maximum Gasteiger partial charge on any atom is 0.142 e. The molecule has 1 rings (SSSR count). The topological polar surface area (TPSA) is 34.1 Å². The van der Waals surface area contributed by atoms with Crippen LogP contribution < -0.4 is 0 Å². The first kappa shape index (κ1) is 21.7. The predicted octanol–water partition coefficient (Wildman–Crippen LogP) is 5.90. The lowest BCUT2D eigenvalue weighted by atomic mass is 9.73. The van der Waals surface area contributed by atoms with Gasteiger partial charge in [-0.15, -0.1) is 12.3 Å². The summed E-state index contributed by atoms with van der Waals surface area (Å²) >= 11 is 0. The van der Waals surface area contributed by atoms with Crippen LogP contribution in [0.5, 0.6) is 0 Å². The van der Waals surface area contributed by atoms with Gasteiger partial charge in [-0.25, -0.2) is 0 Å². The quantitative estimate of drug-likeness (QED) is 0.438. The monoisotopic (exact) mass is 344 g/mol. The molecule has 0 aromatic rings. The lowest BCUT2D eigenvalue weighted by Gasteiger charge is -2.29. The van der Waals surface area contributed by atoms with Crippen LogP contribution in [0, 0.1) is 29.6 Å². The molecule has 1 aliphatic carbocycles. The highest BCUT2D eigenvalue weighted by Crippen LogP contribution is 2.33. The lowest BCUT2D eigenvalue weighted by Crippen LogP contribution is -2.32. The van der Waals surface area contributed by atoms with E-state index in [1.807, 2.05) is 13.8 Å². The van der Waals surface area contributed by atoms with Crippen molar-refractivity contribution in [2.24, 2.45) is 17.3 Å². The second-order valence-electron chi connectivity index (χ2n) is 8.57. The zero-order chi connectivity index (χ0) is 18.9. The largest absolute Gasteiger partial charge is 0.300 e. The highest BCUT2D eigenvalue weighted by Gasteiger charge is 2.34. The summed E-state index contributed by atoms with van der Waals surface area (Å²) in [5.41, 5.74) is 0.953. The minimum Gasteiger partial charge on any atom is -0.300 e. The van der Waals surface area contributed by atoms with E-state index in [2.05, 4.69) is 25.8 Å². The molecule has 0 saturated heterocycles. The molecule has 0 saturated carbocycles. The summed E-state index contributed by atoms with van der Waals surface area (Å²) in [5.74, 6) is 3.65. The summed E-state index contributed by atoms with van der Waals surface area (Å²) in [4.78, 5) is 25.2. The Morgan fingerprint density at radius 3 is 2.60 bits per heavy atom. The molecule has 25 heavy (non-hydrogen) atoms. The van der Waals surface area contributed by atoms with Gasteiger partial charge < -0.3 is 0 Å². The van der Waals surface area contributed by atoms with Crippen LogP contribution in [0.25, 0.3) is 0 Å². The van der Waals surface area contributed by atoms with Crippen LogP contribution in [-0.4, -0.2) is 11.6 Å². The van der Waals surface area contributed by atoms with Gasteiger partial charge in [0, 0.05) is 30.6 Å². The summed E-state index contributed by atoms with van der Waals surface area (Å²) < 4.78 is 0. The molecule has 0 fully saturated rings. The average molecular weight is 345 g/mol. The standard InChI is InChI=1S/C23H36O2/c1-6-10-20-17-19(3)13-9-12-18(2)11-7-8-14-21(24)15-16-23(4,5)22(20)25/h1,11,19-20H,7-10,12-17H2,2-5H3. The molecule has 0 heterocycles.